The maximum atomic E-state index is 13.5. The summed E-state index contributed by atoms with van der Waals surface area (Å²) in [5.41, 5.74) is 5.88. The number of hydrogen-bond acceptors (Lipinski definition) is 7. The highest BCUT2D eigenvalue weighted by Crippen LogP contribution is 2.32. The van der Waals surface area contributed by atoms with Crippen molar-refractivity contribution in [2.45, 2.75) is 48.3 Å². The molecule has 0 fully saturated rings. The Labute approximate surface area is 391 Å². The van der Waals surface area contributed by atoms with Crippen molar-refractivity contribution in [3.63, 3.8) is 0 Å². The number of carboxylic acids is 2. The van der Waals surface area contributed by atoms with E-state index < -0.39 is 32.0 Å². The van der Waals surface area contributed by atoms with Crippen LogP contribution in [0.2, 0.25) is 0 Å². The van der Waals surface area contributed by atoms with Crippen LogP contribution in [0.15, 0.2) is 186 Å². The van der Waals surface area contributed by atoms with Gasteiger partial charge in [-0.05, 0) is 120 Å². The summed E-state index contributed by atoms with van der Waals surface area (Å²) in [6.07, 6.45) is 3.77. The van der Waals surface area contributed by atoms with E-state index in [1.165, 1.54) is 0 Å². The number of carboxylic acid groups (broad SMARTS) is 2. The summed E-state index contributed by atoms with van der Waals surface area (Å²) in [6, 6.07) is 52.2. The summed E-state index contributed by atoms with van der Waals surface area (Å²) in [7, 11) is -3.74. The molecular weight excluding hydrogens is 883 g/mol. The number of para-hydroxylation sites is 2. The van der Waals surface area contributed by atoms with Crippen LogP contribution >= 0.6 is 0 Å². The van der Waals surface area contributed by atoms with Crippen molar-refractivity contribution in [1.29, 1.82) is 0 Å². The molecule has 8 rings (SSSR count). The van der Waals surface area contributed by atoms with Crippen molar-refractivity contribution < 1.29 is 36.6 Å². The second-order valence-electron chi connectivity index (χ2n) is 16.2. The number of aromatic carboxylic acids is 2. The van der Waals surface area contributed by atoms with Gasteiger partial charge in [-0.15, -0.1) is 0 Å². The third-order valence-corrected chi connectivity index (χ3v) is 14.3. The number of aryl methyl sites for hydroxylation is 4. The van der Waals surface area contributed by atoms with E-state index in [2.05, 4.69) is 9.44 Å². The zero-order valence-electron chi connectivity index (χ0n) is 37.1. The van der Waals surface area contributed by atoms with Gasteiger partial charge in [-0.25, -0.2) is 26.4 Å². The van der Waals surface area contributed by atoms with Crippen LogP contribution in [-0.2, 0) is 45.7 Å². The summed E-state index contributed by atoms with van der Waals surface area (Å²) in [5, 5.41) is 22.1. The van der Waals surface area contributed by atoms with Crippen LogP contribution in [0.3, 0.4) is 0 Å². The molecule has 0 atom stereocenters. The van der Waals surface area contributed by atoms with E-state index in [1.807, 2.05) is 116 Å². The van der Waals surface area contributed by atoms with E-state index in [-0.39, 0.29) is 9.79 Å². The molecule has 0 aliphatic rings. The van der Waals surface area contributed by atoms with E-state index in [0.29, 0.717) is 66.4 Å². The fourth-order valence-corrected chi connectivity index (χ4v) is 10.6. The van der Waals surface area contributed by atoms with Crippen LogP contribution in [0.25, 0.3) is 21.5 Å². The first-order chi connectivity index (χ1) is 32.2. The molecule has 0 aromatic heterocycles. The molecule has 11 nitrogen and oxygen atoms in total. The monoisotopic (exact) mass is 933 g/mol. The first-order valence-corrected chi connectivity index (χ1v) is 24.7. The average molecular weight is 934 g/mol. The Morgan fingerprint density at radius 1 is 0.463 bits per heavy atom. The molecule has 0 radical (unpaired) electrons. The Morgan fingerprint density at radius 3 is 1.46 bits per heavy atom. The second-order valence-corrected chi connectivity index (χ2v) is 19.5. The lowest BCUT2D eigenvalue weighted by molar-refractivity contribution is 0.0684. The maximum Gasteiger partial charge on any atom is 0.335 e. The van der Waals surface area contributed by atoms with Gasteiger partial charge in [-0.2, -0.15) is 0 Å². The van der Waals surface area contributed by atoms with Gasteiger partial charge >= 0.3 is 11.9 Å². The predicted octanol–water partition coefficient (Wildman–Crippen LogP) is 11.1. The van der Waals surface area contributed by atoms with Crippen molar-refractivity contribution in [3.05, 3.63) is 209 Å². The summed E-state index contributed by atoms with van der Waals surface area (Å²) in [6.45, 7) is 0. The van der Waals surface area contributed by atoms with Gasteiger partial charge in [0.05, 0.1) is 32.3 Å². The Kier molecular flexibility index (Phi) is 15.0. The zero-order chi connectivity index (χ0) is 47.6. The van der Waals surface area contributed by atoms with Crippen molar-refractivity contribution >= 4 is 70.6 Å². The van der Waals surface area contributed by atoms with Gasteiger partial charge in [0.1, 0.15) is 0 Å². The predicted molar refractivity (Wildman–Crippen MR) is 268 cm³/mol. The second kappa shape index (κ2) is 21.2. The Morgan fingerprint density at radius 2 is 0.910 bits per heavy atom. The topological polar surface area (TPSA) is 170 Å². The third kappa shape index (κ3) is 11.7. The van der Waals surface area contributed by atoms with Gasteiger partial charge in [-0.1, -0.05) is 127 Å². The number of nitrogens with one attached hydrogen (secondary N) is 2. The quantitative estimate of drug-likeness (QED) is 0.0694. The molecule has 0 bridgehead atoms. The fourth-order valence-electron chi connectivity index (χ4n) is 8.14. The molecule has 4 N–H and O–H groups in total. The molecule has 13 heteroatoms. The summed E-state index contributed by atoms with van der Waals surface area (Å²) in [4.78, 5) is 25.3. The van der Waals surface area contributed by atoms with Crippen LogP contribution in [0.1, 0.15) is 55.8 Å². The molecule has 0 saturated heterocycles. The minimum Gasteiger partial charge on any atom is -0.478 e. The minimum atomic E-state index is -3.85. The van der Waals surface area contributed by atoms with Crippen LogP contribution in [0, 0.1) is 0 Å². The lowest BCUT2D eigenvalue weighted by Gasteiger charge is -2.18. The van der Waals surface area contributed by atoms with Crippen LogP contribution in [-0.4, -0.2) is 53.1 Å². The molecule has 8 aromatic carbocycles. The highest BCUT2D eigenvalue weighted by Gasteiger charge is 2.21. The standard InChI is InChI=1S/C28H28N2O4S.C26H23NO4S/c1-30(2)26-18-8-16-24-23(26)15-9-19-27(24)35(33,34)29-25-17-6-4-11-21(25)13-7-12-20-10-3-5-14-22(20)28(31)32;28-26(29)24-14-5-3-9-20(24)12-7-13-21-10-4-6-15-25(21)27-32(30,31)23-17-16-19-8-1-2-11-22(19)18-23/h3-6,8-11,14-19,29H,7,12-13H2,1-2H3,(H,31,32);1-6,8-11,14-18,27H,7,12-13H2,(H,28,29). The number of nitrogens with zero attached hydrogens (tertiary/aromatic N) is 1. The number of sulfonamides is 2. The van der Waals surface area contributed by atoms with Gasteiger partial charge in [0.25, 0.3) is 20.0 Å². The molecule has 0 unspecified atom stereocenters. The third-order valence-electron chi connectivity index (χ3n) is 11.5. The van der Waals surface area contributed by atoms with E-state index in [0.717, 1.165) is 44.1 Å². The van der Waals surface area contributed by atoms with Crippen LogP contribution < -0.4 is 14.3 Å². The minimum absolute atomic E-state index is 0.210. The summed E-state index contributed by atoms with van der Waals surface area (Å²) >= 11 is 0. The van der Waals surface area contributed by atoms with E-state index in [1.54, 1.807) is 78.9 Å². The molecule has 0 aliphatic carbocycles. The van der Waals surface area contributed by atoms with Crippen LogP contribution in [0.4, 0.5) is 17.1 Å². The molecule has 0 heterocycles. The number of hydrogen-bond donors (Lipinski definition) is 4. The van der Waals surface area contributed by atoms with Gasteiger partial charge < -0.3 is 15.1 Å². The van der Waals surface area contributed by atoms with E-state index in [9.17, 15) is 36.6 Å². The summed E-state index contributed by atoms with van der Waals surface area (Å²) < 4.78 is 58.5. The fraction of sp³-hybridized carbons (Fsp3) is 0.148. The van der Waals surface area contributed by atoms with Gasteiger partial charge in [0.15, 0.2) is 0 Å². The largest absolute Gasteiger partial charge is 0.478 e. The Hall–Kier alpha value is -7.48. The molecule has 0 spiro atoms. The molecule has 67 heavy (non-hydrogen) atoms. The Bertz CT molecular complexity index is 3300. The number of carbonyl (C=O) groups is 2. The van der Waals surface area contributed by atoms with Crippen LogP contribution in [0.5, 0.6) is 0 Å². The van der Waals surface area contributed by atoms with E-state index in [4.69, 9.17) is 0 Å². The first-order valence-electron chi connectivity index (χ1n) is 21.7. The molecule has 0 aliphatic heterocycles. The van der Waals surface area contributed by atoms with Gasteiger partial charge in [0.2, 0.25) is 0 Å². The van der Waals surface area contributed by atoms with Gasteiger partial charge in [-0.3, -0.25) is 9.44 Å². The molecule has 8 aromatic rings. The SMILES string of the molecule is CN(C)c1cccc2c(S(=O)(=O)Nc3ccccc3CCCc3ccccc3C(=O)O)cccc12.O=C(O)c1ccccc1CCCc1ccccc1NS(=O)(=O)c1ccc2ccccc2c1. The van der Waals surface area contributed by atoms with Gasteiger partial charge in [0, 0.05) is 30.6 Å². The maximum absolute atomic E-state index is 13.5. The molecule has 0 saturated carbocycles. The Balaban J connectivity index is 0.000000200. The van der Waals surface area contributed by atoms with Crippen molar-refractivity contribution in [2.75, 3.05) is 28.4 Å². The van der Waals surface area contributed by atoms with Crippen molar-refractivity contribution in [2.24, 2.45) is 0 Å². The van der Waals surface area contributed by atoms with E-state index >= 15 is 0 Å². The smallest absolute Gasteiger partial charge is 0.335 e. The van der Waals surface area contributed by atoms with Crippen molar-refractivity contribution in [3.8, 4) is 0 Å². The molecular formula is C54H51N3O8S2. The highest BCUT2D eigenvalue weighted by molar-refractivity contribution is 7.93. The normalized spacial score (nSPS) is 11.4. The summed E-state index contributed by atoms with van der Waals surface area (Å²) in [5.74, 6) is -1.88. The zero-order valence-corrected chi connectivity index (χ0v) is 38.7. The average Bonchev–Trinajstić information content (AvgIpc) is 3.32. The highest BCUT2D eigenvalue weighted by atomic mass is 32.2. The lowest BCUT2D eigenvalue weighted by atomic mass is 9.99. The lowest BCUT2D eigenvalue weighted by Crippen LogP contribution is -2.15. The number of fused-ring (bicyclic) bond motifs is 2. The molecule has 342 valence electrons. The number of anilines is 3. The number of benzene rings is 8. The molecule has 0 amide bonds. The first kappa shape index (κ1) is 47.5. The van der Waals surface area contributed by atoms with Crippen molar-refractivity contribution in [1.82, 2.24) is 0 Å². The number of rotatable bonds is 17.